The monoisotopic (exact) mass is 270 g/mol. The second-order valence-electron chi connectivity index (χ2n) is 4.49. The molecule has 3 aromatic heterocycles. The van der Waals surface area contributed by atoms with Crippen molar-refractivity contribution in [2.45, 2.75) is 19.4 Å². The number of fused-ring (bicyclic) bond motifs is 1. The molecule has 0 aliphatic carbocycles. The van der Waals surface area contributed by atoms with Crippen LogP contribution in [0.15, 0.2) is 35.8 Å². The van der Waals surface area contributed by atoms with Crippen LogP contribution >= 0.6 is 0 Å². The van der Waals surface area contributed by atoms with Crippen LogP contribution in [0.25, 0.3) is 11.2 Å². The molecule has 0 aliphatic heterocycles. The van der Waals surface area contributed by atoms with E-state index in [0.717, 1.165) is 12.1 Å². The fourth-order valence-electron chi connectivity index (χ4n) is 2.35. The molecule has 0 saturated heterocycles. The maximum absolute atomic E-state index is 12.5. The molecular formula is C13H14N6O. The standard InChI is InChI=1S/C13H14N6O/c1-3-9(10-4-5-17-18(10)2)19-8-16-12-11(13(19)20)14-6-7-15-12/h4-9H,3H2,1-2H3. The van der Waals surface area contributed by atoms with Crippen LogP contribution in [0, 0.1) is 0 Å². The molecule has 3 rings (SSSR count). The Morgan fingerprint density at radius 3 is 2.70 bits per heavy atom. The summed E-state index contributed by atoms with van der Waals surface area (Å²) in [4.78, 5) is 24.9. The minimum absolute atomic E-state index is 0.117. The van der Waals surface area contributed by atoms with Crippen LogP contribution in [-0.4, -0.2) is 29.3 Å². The molecule has 0 radical (unpaired) electrons. The van der Waals surface area contributed by atoms with E-state index < -0.39 is 0 Å². The van der Waals surface area contributed by atoms with E-state index in [0.29, 0.717) is 5.65 Å². The number of aryl methyl sites for hydroxylation is 1. The molecule has 20 heavy (non-hydrogen) atoms. The van der Waals surface area contributed by atoms with Gasteiger partial charge in [-0.2, -0.15) is 5.10 Å². The number of nitrogens with zero attached hydrogens (tertiary/aromatic N) is 6. The molecule has 7 nitrogen and oxygen atoms in total. The van der Waals surface area contributed by atoms with Gasteiger partial charge in [-0.05, 0) is 12.5 Å². The van der Waals surface area contributed by atoms with Gasteiger partial charge in [0.2, 0.25) is 0 Å². The lowest BCUT2D eigenvalue weighted by atomic mass is 10.1. The topological polar surface area (TPSA) is 78.5 Å². The van der Waals surface area contributed by atoms with Crippen molar-refractivity contribution < 1.29 is 0 Å². The minimum atomic E-state index is -0.184. The fraction of sp³-hybridized carbons (Fsp3) is 0.308. The highest BCUT2D eigenvalue weighted by molar-refractivity contribution is 5.67. The summed E-state index contributed by atoms with van der Waals surface area (Å²) < 4.78 is 3.36. The number of rotatable bonds is 3. The normalized spacial score (nSPS) is 12.7. The summed E-state index contributed by atoms with van der Waals surface area (Å²) >= 11 is 0. The first-order valence-corrected chi connectivity index (χ1v) is 6.38. The lowest BCUT2D eigenvalue weighted by Gasteiger charge is -2.18. The molecular weight excluding hydrogens is 256 g/mol. The van der Waals surface area contributed by atoms with Gasteiger partial charge in [0.05, 0.1) is 11.7 Å². The van der Waals surface area contributed by atoms with Crippen LogP contribution < -0.4 is 5.56 Å². The molecule has 0 N–H and O–H groups in total. The van der Waals surface area contributed by atoms with Gasteiger partial charge in [-0.3, -0.25) is 14.0 Å². The number of hydrogen-bond donors (Lipinski definition) is 0. The molecule has 0 saturated carbocycles. The van der Waals surface area contributed by atoms with Gasteiger partial charge >= 0.3 is 0 Å². The average Bonchev–Trinajstić information content (AvgIpc) is 2.89. The van der Waals surface area contributed by atoms with Crippen molar-refractivity contribution in [1.29, 1.82) is 0 Å². The molecule has 0 aliphatic rings. The van der Waals surface area contributed by atoms with Crippen LogP contribution in [0.4, 0.5) is 0 Å². The predicted octanol–water partition coefficient (Wildman–Crippen LogP) is 0.919. The Kier molecular flexibility index (Phi) is 3.02. The Morgan fingerprint density at radius 1 is 1.20 bits per heavy atom. The van der Waals surface area contributed by atoms with Gasteiger partial charge in [0.15, 0.2) is 11.2 Å². The van der Waals surface area contributed by atoms with E-state index >= 15 is 0 Å². The molecule has 1 atom stereocenters. The highest BCUT2D eigenvalue weighted by atomic mass is 16.1. The summed E-state index contributed by atoms with van der Waals surface area (Å²) in [7, 11) is 1.86. The van der Waals surface area contributed by atoms with Gasteiger partial charge < -0.3 is 0 Å². The van der Waals surface area contributed by atoms with Crippen LogP contribution in [-0.2, 0) is 7.05 Å². The molecule has 0 fully saturated rings. The third kappa shape index (κ3) is 1.87. The van der Waals surface area contributed by atoms with Crippen LogP contribution in [0.5, 0.6) is 0 Å². The van der Waals surface area contributed by atoms with Gasteiger partial charge in [0, 0.05) is 25.6 Å². The van der Waals surface area contributed by atoms with Crippen molar-refractivity contribution in [1.82, 2.24) is 29.3 Å². The third-order valence-electron chi connectivity index (χ3n) is 3.34. The van der Waals surface area contributed by atoms with E-state index in [1.54, 1.807) is 15.4 Å². The summed E-state index contributed by atoms with van der Waals surface area (Å²) in [5, 5.41) is 4.16. The SMILES string of the molecule is CCC(c1ccnn1C)n1cnc2nccnc2c1=O. The van der Waals surface area contributed by atoms with Crippen molar-refractivity contribution in [2.75, 3.05) is 0 Å². The lowest BCUT2D eigenvalue weighted by Crippen LogP contribution is -2.27. The minimum Gasteiger partial charge on any atom is -0.288 e. The molecule has 0 bridgehead atoms. The van der Waals surface area contributed by atoms with Crippen molar-refractivity contribution in [2.24, 2.45) is 7.05 Å². The Bertz CT molecular complexity index is 806. The zero-order valence-corrected chi connectivity index (χ0v) is 11.3. The molecule has 3 heterocycles. The zero-order chi connectivity index (χ0) is 14.1. The fourth-order valence-corrected chi connectivity index (χ4v) is 2.35. The van der Waals surface area contributed by atoms with Gasteiger partial charge in [-0.15, -0.1) is 0 Å². The van der Waals surface area contributed by atoms with Gasteiger partial charge in [0.1, 0.15) is 6.33 Å². The molecule has 0 amide bonds. The Labute approximate surface area is 114 Å². The smallest absolute Gasteiger partial charge is 0.282 e. The summed E-state index contributed by atoms with van der Waals surface area (Å²) in [6.07, 6.45) is 7.03. The third-order valence-corrected chi connectivity index (χ3v) is 3.34. The summed E-state index contributed by atoms with van der Waals surface area (Å²) in [6.45, 7) is 2.02. The first-order chi connectivity index (χ1) is 9.72. The summed E-state index contributed by atoms with van der Waals surface area (Å²) in [6, 6.07) is 1.79. The van der Waals surface area contributed by atoms with E-state index in [1.807, 2.05) is 20.0 Å². The molecule has 102 valence electrons. The molecule has 0 aromatic carbocycles. The molecule has 7 heteroatoms. The van der Waals surface area contributed by atoms with Crippen molar-refractivity contribution in [3.8, 4) is 0 Å². The molecule has 0 spiro atoms. The summed E-state index contributed by atoms with van der Waals surface area (Å²) in [5.41, 5.74) is 1.43. The maximum Gasteiger partial charge on any atom is 0.282 e. The van der Waals surface area contributed by atoms with Crippen molar-refractivity contribution in [3.05, 3.63) is 47.0 Å². The van der Waals surface area contributed by atoms with E-state index in [9.17, 15) is 4.79 Å². The van der Waals surface area contributed by atoms with Crippen LogP contribution in [0.3, 0.4) is 0 Å². The summed E-state index contributed by atoms with van der Waals surface area (Å²) in [5.74, 6) is 0. The lowest BCUT2D eigenvalue weighted by molar-refractivity contribution is 0.501. The molecule has 3 aromatic rings. The van der Waals surface area contributed by atoms with E-state index in [-0.39, 0.29) is 17.1 Å². The van der Waals surface area contributed by atoms with E-state index in [1.165, 1.54) is 18.7 Å². The zero-order valence-electron chi connectivity index (χ0n) is 11.3. The van der Waals surface area contributed by atoms with Gasteiger partial charge in [0.25, 0.3) is 5.56 Å². The van der Waals surface area contributed by atoms with Gasteiger partial charge in [-0.25, -0.2) is 15.0 Å². The van der Waals surface area contributed by atoms with E-state index in [2.05, 4.69) is 20.1 Å². The highest BCUT2D eigenvalue weighted by Crippen LogP contribution is 2.19. The molecule has 1 unspecified atom stereocenters. The second-order valence-corrected chi connectivity index (χ2v) is 4.49. The van der Waals surface area contributed by atoms with Crippen molar-refractivity contribution in [3.63, 3.8) is 0 Å². The predicted molar refractivity (Wildman–Crippen MR) is 73.2 cm³/mol. The first kappa shape index (κ1) is 12.5. The van der Waals surface area contributed by atoms with E-state index in [4.69, 9.17) is 0 Å². The maximum atomic E-state index is 12.5. The first-order valence-electron chi connectivity index (χ1n) is 6.38. The Balaban J connectivity index is 2.21. The largest absolute Gasteiger partial charge is 0.288 e. The Morgan fingerprint density at radius 2 is 2.00 bits per heavy atom. The van der Waals surface area contributed by atoms with Crippen LogP contribution in [0.1, 0.15) is 25.1 Å². The van der Waals surface area contributed by atoms with Crippen LogP contribution in [0.2, 0.25) is 0 Å². The number of aromatic nitrogens is 6. The second kappa shape index (κ2) is 4.84. The quantitative estimate of drug-likeness (QED) is 0.707. The highest BCUT2D eigenvalue weighted by Gasteiger charge is 2.18. The number of hydrogen-bond acceptors (Lipinski definition) is 5. The Hall–Kier alpha value is -2.57. The van der Waals surface area contributed by atoms with Gasteiger partial charge in [-0.1, -0.05) is 6.92 Å². The average molecular weight is 270 g/mol. The van der Waals surface area contributed by atoms with Crippen molar-refractivity contribution >= 4 is 11.2 Å².